The molecule has 2 aromatic rings. The van der Waals surface area contributed by atoms with Crippen LogP contribution in [0.15, 0.2) is 36.5 Å². The highest BCUT2D eigenvalue weighted by atomic mass is 16.5. The standard InChI is InChI=1S/C18H23N3O4/c1-20-8-6-15(19-20)13-25-16-4-2-14(3-5-16)17-12-21(10-11-24-17)9-7-18(22)23/h2-6,8,17H,7,9-13H2,1H3,(H,22,23). The van der Waals surface area contributed by atoms with Crippen LogP contribution < -0.4 is 4.74 Å². The number of benzene rings is 1. The molecule has 2 heterocycles. The van der Waals surface area contributed by atoms with E-state index in [1.54, 1.807) is 4.68 Å². The lowest BCUT2D eigenvalue weighted by molar-refractivity contribution is -0.137. The average Bonchev–Trinajstić information content (AvgIpc) is 3.04. The van der Waals surface area contributed by atoms with Crippen LogP contribution in [-0.4, -0.2) is 52.0 Å². The molecule has 3 rings (SSSR count). The number of carbonyl (C=O) groups is 1. The normalized spacial score (nSPS) is 18.2. The van der Waals surface area contributed by atoms with Gasteiger partial charge in [0.15, 0.2) is 0 Å². The minimum absolute atomic E-state index is 0.0348. The maximum absolute atomic E-state index is 10.7. The van der Waals surface area contributed by atoms with Crippen molar-refractivity contribution in [2.24, 2.45) is 7.05 Å². The van der Waals surface area contributed by atoms with E-state index in [2.05, 4.69) is 10.00 Å². The summed E-state index contributed by atoms with van der Waals surface area (Å²) in [6, 6.07) is 9.78. The van der Waals surface area contributed by atoms with Gasteiger partial charge in [0.25, 0.3) is 0 Å². The van der Waals surface area contributed by atoms with Crippen LogP contribution in [0.1, 0.15) is 23.8 Å². The quantitative estimate of drug-likeness (QED) is 0.825. The first-order chi connectivity index (χ1) is 12.1. The van der Waals surface area contributed by atoms with E-state index in [1.807, 2.05) is 43.6 Å². The van der Waals surface area contributed by atoms with Crippen LogP contribution in [0, 0.1) is 0 Å². The minimum atomic E-state index is -0.766. The van der Waals surface area contributed by atoms with Crippen molar-refractivity contribution in [1.29, 1.82) is 0 Å². The number of hydrogen-bond acceptors (Lipinski definition) is 5. The highest BCUT2D eigenvalue weighted by Gasteiger charge is 2.22. The highest BCUT2D eigenvalue weighted by molar-refractivity contribution is 5.66. The van der Waals surface area contributed by atoms with E-state index < -0.39 is 5.97 Å². The molecule has 0 saturated carbocycles. The van der Waals surface area contributed by atoms with Gasteiger partial charge in [0, 0.05) is 32.9 Å². The molecule has 7 nitrogen and oxygen atoms in total. The Kier molecular flexibility index (Phi) is 5.67. The number of nitrogens with zero attached hydrogens (tertiary/aromatic N) is 3. The van der Waals surface area contributed by atoms with Gasteiger partial charge in [-0.3, -0.25) is 14.4 Å². The molecule has 25 heavy (non-hydrogen) atoms. The number of aliphatic carboxylic acids is 1. The highest BCUT2D eigenvalue weighted by Crippen LogP contribution is 2.24. The molecule has 0 aliphatic carbocycles. The Morgan fingerprint density at radius 3 is 2.84 bits per heavy atom. The Morgan fingerprint density at radius 2 is 2.16 bits per heavy atom. The van der Waals surface area contributed by atoms with Crippen LogP contribution in [0.4, 0.5) is 0 Å². The number of aromatic nitrogens is 2. The Morgan fingerprint density at radius 1 is 1.36 bits per heavy atom. The van der Waals surface area contributed by atoms with E-state index in [-0.39, 0.29) is 12.5 Å². The number of ether oxygens (including phenoxy) is 2. The minimum Gasteiger partial charge on any atom is -0.487 e. The molecule has 1 aliphatic rings. The maximum atomic E-state index is 10.7. The summed E-state index contributed by atoms with van der Waals surface area (Å²) < 4.78 is 13.3. The zero-order chi connectivity index (χ0) is 17.6. The third kappa shape index (κ3) is 5.04. The topological polar surface area (TPSA) is 76.8 Å². The average molecular weight is 345 g/mol. The second-order valence-corrected chi connectivity index (χ2v) is 6.14. The van der Waals surface area contributed by atoms with Gasteiger partial charge in [0.1, 0.15) is 12.4 Å². The molecule has 7 heteroatoms. The summed E-state index contributed by atoms with van der Waals surface area (Å²) in [5.74, 6) is 0.0189. The lowest BCUT2D eigenvalue weighted by atomic mass is 10.1. The molecule has 1 aromatic carbocycles. The lowest BCUT2D eigenvalue weighted by Crippen LogP contribution is -2.39. The molecule has 1 saturated heterocycles. The fourth-order valence-corrected chi connectivity index (χ4v) is 2.84. The number of carboxylic acids is 1. The van der Waals surface area contributed by atoms with Gasteiger partial charge in [-0.2, -0.15) is 5.10 Å². The van der Waals surface area contributed by atoms with Gasteiger partial charge >= 0.3 is 5.97 Å². The number of morpholine rings is 1. The summed E-state index contributed by atoms with van der Waals surface area (Å²) >= 11 is 0. The molecule has 1 aromatic heterocycles. The summed E-state index contributed by atoms with van der Waals surface area (Å²) in [6.07, 6.45) is 2.01. The first kappa shape index (κ1) is 17.4. The van der Waals surface area contributed by atoms with Crippen molar-refractivity contribution in [2.75, 3.05) is 26.2 Å². The van der Waals surface area contributed by atoms with Crippen molar-refractivity contribution in [2.45, 2.75) is 19.1 Å². The van der Waals surface area contributed by atoms with Crippen molar-refractivity contribution >= 4 is 5.97 Å². The Labute approximate surface area is 146 Å². The number of rotatable bonds is 7. The zero-order valence-electron chi connectivity index (χ0n) is 14.3. The Hall–Kier alpha value is -2.38. The third-order valence-corrected chi connectivity index (χ3v) is 4.20. The molecule has 0 bridgehead atoms. The Bertz CT molecular complexity index is 699. The smallest absolute Gasteiger partial charge is 0.304 e. The van der Waals surface area contributed by atoms with Crippen molar-refractivity contribution < 1.29 is 19.4 Å². The van der Waals surface area contributed by atoms with Crippen LogP contribution in [0.2, 0.25) is 0 Å². The van der Waals surface area contributed by atoms with E-state index in [9.17, 15) is 4.79 Å². The van der Waals surface area contributed by atoms with Gasteiger partial charge in [-0.15, -0.1) is 0 Å². The fourth-order valence-electron chi connectivity index (χ4n) is 2.84. The largest absolute Gasteiger partial charge is 0.487 e. The van der Waals surface area contributed by atoms with Crippen LogP contribution >= 0.6 is 0 Å². The van der Waals surface area contributed by atoms with Gasteiger partial charge in [-0.25, -0.2) is 0 Å². The van der Waals surface area contributed by atoms with E-state index >= 15 is 0 Å². The second-order valence-electron chi connectivity index (χ2n) is 6.14. The van der Waals surface area contributed by atoms with Crippen LogP contribution in [0.5, 0.6) is 5.75 Å². The van der Waals surface area contributed by atoms with Crippen LogP contribution in [0.3, 0.4) is 0 Å². The van der Waals surface area contributed by atoms with E-state index in [1.165, 1.54) is 0 Å². The molecule has 1 aliphatic heterocycles. The van der Waals surface area contributed by atoms with Gasteiger partial charge in [-0.05, 0) is 23.8 Å². The van der Waals surface area contributed by atoms with Gasteiger partial charge in [-0.1, -0.05) is 12.1 Å². The second kappa shape index (κ2) is 8.13. The molecule has 0 amide bonds. The number of hydrogen-bond donors (Lipinski definition) is 1. The number of aryl methyl sites for hydroxylation is 1. The van der Waals surface area contributed by atoms with Crippen LogP contribution in [-0.2, 0) is 23.2 Å². The lowest BCUT2D eigenvalue weighted by Gasteiger charge is -2.32. The third-order valence-electron chi connectivity index (χ3n) is 4.20. The number of carboxylic acid groups (broad SMARTS) is 1. The first-order valence-electron chi connectivity index (χ1n) is 8.37. The van der Waals surface area contributed by atoms with Crippen molar-refractivity contribution in [3.8, 4) is 5.75 Å². The summed E-state index contributed by atoms with van der Waals surface area (Å²) in [5.41, 5.74) is 1.96. The molecule has 1 N–H and O–H groups in total. The van der Waals surface area contributed by atoms with E-state index in [0.717, 1.165) is 23.6 Å². The predicted molar refractivity (Wildman–Crippen MR) is 91.4 cm³/mol. The van der Waals surface area contributed by atoms with Gasteiger partial charge < -0.3 is 14.6 Å². The summed E-state index contributed by atoms with van der Waals surface area (Å²) in [5, 5.41) is 13.1. The van der Waals surface area contributed by atoms with Crippen molar-refractivity contribution in [1.82, 2.24) is 14.7 Å². The molecule has 134 valence electrons. The van der Waals surface area contributed by atoms with Crippen molar-refractivity contribution in [3.63, 3.8) is 0 Å². The maximum Gasteiger partial charge on any atom is 0.304 e. The SMILES string of the molecule is Cn1ccc(COc2ccc(C3CN(CCC(=O)O)CCO3)cc2)n1. The van der Waals surface area contributed by atoms with E-state index in [0.29, 0.717) is 26.3 Å². The summed E-state index contributed by atoms with van der Waals surface area (Å²) in [6.45, 7) is 3.09. The molecular weight excluding hydrogens is 322 g/mol. The zero-order valence-corrected chi connectivity index (χ0v) is 14.3. The predicted octanol–water partition coefficient (Wildman–Crippen LogP) is 1.85. The monoisotopic (exact) mass is 345 g/mol. The molecule has 1 atom stereocenters. The molecular formula is C18H23N3O4. The van der Waals surface area contributed by atoms with Gasteiger partial charge in [0.05, 0.1) is 24.8 Å². The van der Waals surface area contributed by atoms with Crippen molar-refractivity contribution in [3.05, 3.63) is 47.8 Å². The molecule has 1 unspecified atom stereocenters. The first-order valence-corrected chi connectivity index (χ1v) is 8.37. The molecule has 1 fully saturated rings. The molecule has 0 radical (unpaired) electrons. The molecule has 0 spiro atoms. The van der Waals surface area contributed by atoms with E-state index in [4.69, 9.17) is 14.6 Å². The Balaban J connectivity index is 1.53. The summed E-state index contributed by atoms with van der Waals surface area (Å²) in [7, 11) is 1.88. The fraction of sp³-hybridized carbons (Fsp3) is 0.444. The van der Waals surface area contributed by atoms with Crippen LogP contribution in [0.25, 0.3) is 0 Å². The van der Waals surface area contributed by atoms with Gasteiger partial charge in [0.2, 0.25) is 0 Å². The summed E-state index contributed by atoms with van der Waals surface area (Å²) in [4.78, 5) is 12.9.